The fourth-order valence-corrected chi connectivity index (χ4v) is 2.37. The van der Waals surface area contributed by atoms with Crippen LogP contribution in [0.4, 0.5) is 11.4 Å². The molecule has 2 aromatic carbocycles. The number of nitrogens with one attached hydrogen (secondary N) is 2. The third kappa shape index (κ3) is 4.76. The Morgan fingerprint density at radius 2 is 1.69 bits per heavy atom. The highest BCUT2D eigenvalue weighted by Crippen LogP contribution is 2.18. The van der Waals surface area contributed by atoms with E-state index in [1.54, 1.807) is 24.3 Å². The number of rotatable bonds is 6. The topological polar surface area (TPSA) is 97.1 Å². The molecule has 0 unspecified atom stereocenters. The molecule has 0 spiro atoms. The Balaban J connectivity index is 1.55. The molecule has 0 aliphatic carbocycles. The van der Waals surface area contributed by atoms with Gasteiger partial charge in [0.1, 0.15) is 0 Å². The zero-order valence-electron chi connectivity index (χ0n) is 14.2. The summed E-state index contributed by atoms with van der Waals surface area (Å²) >= 11 is 0. The molecule has 2 N–H and O–H groups in total. The van der Waals surface area contributed by atoms with Gasteiger partial charge in [-0.1, -0.05) is 24.3 Å². The van der Waals surface area contributed by atoms with Crippen molar-refractivity contribution in [1.82, 2.24) is 10.2 Å². The van der Waals surface area contributed by atoms with E-state index < -0.39 is 0 Å². The van der Waals surface area contributed by atoms with Crippen LogP contribution in [0.5, 0.6) is 0 Å². The van der Waals surface area contributed by atoms with E-state index in [-0.39, 0.29) is 18.2 Å². The van der Waals surface area contributed by atoms with Crippen LogP contribution in [0.1, 0.15) is 19.2 Å². The number of aryl methyl sites for hydroxylation is 1. The molecule has 0 radical (unpaired) electrons. The minimum atomic E-state index is -0.176. The fraction of sp³-hybridized carbons (Fsp3) is 0.158. The third-order valence-corrected chi connectivity index (χ3v) is 3.52. The summed E-state index contributed by atoms with van der Waals surface area (Å²) in [5.41, 5.74) is 2.07. The SMILES string of the molecule is CC(=O)Nc1cccc(NC(=O)CCc2nnc(-c3ccccc3)o2)c1. The van der Waals surface area contributed by atoms with E-state index >= 15 is 0 Å². The molecule has 132 valence electrons. The molecule has 1 aromatic heterocycles. The van der Waals surface area contributed by atoms with Gasteiger partial charge >= 0.3 is 0 Å². The highest BCUT2D eigenvalue weighted by Gasteiger charge is 2.10. The Labute approximate surface area is 150 Å². The molecule has 26 heavy (non-hydrogen) atoms. The number of nitrogens with zero attached hydrogens (tertiary/aromatic N) is 2. The van der Waals surface area contributed by atoms with E-state index in [9.17, 15) is 9.59 Å². The first-order valence-electron chi connectivity index (χ1n) is 8.15. The summed E-state index contributed by atoms with van der Waals surface area (Å²) in [5, 5.41) is 13.4. The first-order chi connectivity index (χ1) is 12.6. The van der Waals surface area contributed by atoms with Crippen molar-refractivity contribution in [2.75, 3.05) is 10.6 Å². The van der Waals surface area contributed by atoms with Gasteiger partial charge in [0.2, 0.25) is 23.6 Å². The van der Waals surface area contributed by atoms with E-state index in [4.69, 9.17) is 4.42 Å². The normalized spacial score (nSPS) is 10.3. The van der Waals surface area contributed by atoms with E-state index in [0.717, 1.165) is 5.56 Å². The minimum Gasteiger partial charge on any atom is -0.421 e. The number of hydrogen-bond donors (Lipinski definition) is 2. The molecule has 7 nitrogen and oxygen atoms in total. The minimum absolute atomic E-state index is 0.168. The summed E-state index contributed by atoms with van der Waals surface area (Å²) in [7, 11) is 0. The molecule has 0 aliphatic heterocycles. The summed E-state index contributed by atoms with van der Waals surface area (Å²) in [6.45, 7) is 1.43. The van der Waals surface area contributed by atoms with Gasteiger partial charge in [0, 0.05) is 36.7 Å². The lowest BCUT2D eigenvalue weighted by Gasteiger charge is -2.07. The predicted molar refractivity (Wildman–Crippen MR) is 97.4 cm³/mol. The van der Waals surface area contributed by atoms with E-state index in [2.05, 4.69) is 20.8 Å². The van der Waals surface area contributed by atoms with Crippen LogP contribution in [-0.2, 0) is 16.0 Å². The van der Waals surface area contributed by atoms with Gasteiger partial charge in [0.05, 0.1) is 0 Å². The maximum absolute atomic E-state index is 12.1. The lowest BCUT2D eigenvalue weighted by molar-refractivity contribution is -0.116. The van der Waals surface area contributed by atoms with Gasteiger partial charge in [-0.15, -0.1) is 10.2 Å². The molecule has 0 bridgehead atoms. The van der Waals surface area contributed by atoms with Crippen molar-refractivity contribution in [3.63, 3.8) is 0 Å². The van der Waals surface area contributed by atoms with Crippen molar-refractivity contribution in [3.05, 3.63) is 60.5 Å². The van der Waals surface area contributed by atoms with Crippen LogP contribution in [0.15, 0.2) is 59.0 Å². The predicted octanol–water partition coefficient (Wildman–Crippen LogP) is 3.27. The van der Waals surface area contributed by atoms with Crippen molar-refractivity contribution in [1.29, 1.82) is 0 Å². The van der Waals surface area contributed by atoms with Crippen LogP contribution in [0.3, 0.4) is 0 Å². The molecule has 3 rings (SSSR count). The van der Waals surface area contributed by atoms with E-state index in [1.165, 1.54) is 6.92 Å². The van der Waals surface area contributed by atoms with Gasteiger partial charge in [0.15, 0.2) is 0 Å². The van der Waals surface area contributed by atoms with Crippen LogP contribution in [-0.4, -0.2) is 22.0 Å². The van der Waals surface area contributed by atoms with Crippen molar-refractivity contribution >= 4 is 23.2 Å². The Morgan fingerprint density at radius 3 is 2.42 bits per heavy atom. The number of carbonyl (C=O) groups excluding carboxylic acids is 2. The van der Waals surface area contributed by atoms with Crippen LogP contribution in [0.2, 0.25) is 0 Å². The number of anilines is 2. The lowest BCUT2D eigenvalue weighted by atomic mass is 10.2. The van der Waals surface area contributed by atoms with Crippen LogP contribution < -0.4 is 10.6 Å². The average Bonchev–Trinajstić information content (AvgIpc) is 3.09. The van der Waals surface area contributed by atoms with Crippen molar-refractivity contribution < 1.29 is 14.0 Å². The second-order valence-corrected chi connectivity index (χ2v) is 5.68. The third-order valence-electron chi connectivity index (χ3n) is 3.52. The zero-order chi connectivity index (χ0) is 18.4. The second kappa shape index (κ2) is 8.06. The van der Waals surface area contributed by atoms with E-state index in [0.29, 0.717) is 29.6 Å². The van der Waals surface area contributed by atoms with Crippen molar-refractivity contribution in [3.8, 4) is 11.5 Å². The number of amides is 2. The summed E-state index contributed by atoms with van der Waals surface area (Å²) in [4.78, 5) is 23.2. The van der Waals surface area contributed by atoms with Gasteiger partial charge in [-0.05, 0) is 30.3 Å². The number of hydrogen-bond acceptors (Lipinski definition) is 5. The monoisotopic (exact) mass is 350 g/mol. The summed E-state index contributed by atoms with van der Waals surface area (Å²) in [5.74, 6) is 0.499. The first kappa shape index (κ1) is 17.3. The molecule has 7 heteroatoms. The molecule has 1 heterocycles. The molecule has 0 fully saturated rings. The molecule has 3 aromatic rings. The van der Waals surface area contributed by atoms with Crippen LogP contribution >= 0.6 is 0 Å². The van der Waals surface area contributed by atoms with Gasteiger partial charge in [-0.2, -0.15) is 0 Å². The van der Waals surface area contributed by atoms with Gasteiger partial charge in [0.25, 0.3) is 0 Å². The highest BCUT2D eigenvalue weighted by molar-refractivity contribution is 5.93. The number of aromatic nitrogens is 2. The van der Waals surface area contributed by atoms with Gasteiger partial charge in [-0.25, -0.2) is 0 Å². The van der Waals surface area contributed by atoms with Gasteiger partial charge < -0.3 is 15.1 Å². The van der Waals surface area contributed by atoms with E-state index in [1.807, 2.05) is 30.3 Å². The van der Waals surface area contributed by atoms with Gasteiger partial charge in [-0.3, -0.25) is 9.59 Å². The molecule has 0 saturated carbocycles. The summed E-state index contributed by atoms with van der Waals surface area (Å²) < 4.78 is 5.58. The maximum atomic E-state index is 12.1. The Hall–Kier alpha value is -3.48. The highest BCUT2D eigenvalue weighted by atomic mass is 16.4. The quantitative estimate of drug-likeness (QED) is 0.711. The number of benzene rings is 2. The van der Waals surface area contributed by atoms with Crippen LogP contribution in [0, 0.1) is 0 Å². The smallest absolute Gasteiger partial charge is 0.247 e. The second-order valence-electron chi connectivity index (χ2n) is 5.68. The first-order valence-corrected chi connectivity index (χ1v) is 8.15. The largest absolute Gasteiger partial charge is 0.421 e. The molecule has 0 aliphatic rings. The molecule has 0 atom stereocenters. The molecular formula is C19H18N4O3. The Kier molecular flexibility index (Phi) is 5.38. The average molecular weight is 350 g/mol. The van der Waals surface area contributed by atoms with Crippen molar-refractivity contribution in [2.24, 2.45) is 0 Å². The zero-order valence-corrected chi connectivity index (χ0v) is 14.2. The molecular weight excluding hydrogens is 332 g/mol. The summed E-state index contributed by atoms with van der Waals surface area (Å²) in [6.07, 6.45) is 0.553. The number of carbonyl (C=O) groups is 2. The molecule has 2 amide bonds. The Bertz CT molecular complexity index is 906. The lowest BCUT2D eigenvalue weighted by Crippen LogP contribution is -2.13. The summed E-state index contributed by atoms with van der Waals surface area (Å²) in [6, 6.07) is 16.4. The Morgan fingerprint density at radius 1 is 0.962 bits per heavy atom. The molecule has 0 saturated heterocycles. The maximum Gasteiger partial charge on any atom is 0.247 e. The fourth-order valence-electron chi connectivity index (χ4n) is 2.37. The standard InChI is InChI=1S/C19H18N4O3/c1-13(24)20-15-8-5-9-16(12-15)21-17(25)10-11-18-22-23-19(26-18)14-6-3-2-4-7-14/h2-9,12H,10-11H2,1H3,(H,20,24)(H,21,25). The van der Waals surface area contributed by atoms with Crippen LogP contribution in [0.25, 0.3) is 11.5 Å². The van der Waals surface area contributed by atoms with Crippen molar-refractivity contribution in [2.45, 2.75) is 19.8 Å².